The van der Waals surface area contributed by atoms with Crippen LogP contribution in [0.1, 0.15) is 16.9 Å². The number of hydrogen-bond donors (Lipinski definition) is 1. The van der Waals surface area contributed by atoms with Gasteiger partial charge in [-0.15, -0.1) is 0 Å². The average molecular weight is 386 g/mol. The Balaban J connectivity index is 1.92. The predicted molar refractivity (Wildman–Crippen MR) is 97.6 cm³/mol. The summed E-state index contributed by atoms with van der Waals surface area (Å²) in [6.07, 6.45) is 2.26. The molecular formula is C20H15FO5S. The minimum atomic E-state index is -4.35. The molecule has 1 aliphatic carbocycles. The highest BCUT2D eigenvalue weighted by atomic mass is 32.2. The molecule has 0 spiro atoms. The Hall–Kier alpha value is -2.93. The van der Waals surface area contributed by atoms with Crippen LogP contribution in [0.15, 0.2) is 57.9 Å². The summed E-state index contributed by atoms with van der Waals surface area (Å²) in [5.74, 6) is -1.60. The van der Waals surface area contributed by atoms with Gasteiger partial charge >= 0.3 is 5.97 Å². The van der Waals surface area contributed by atoms with Crippen molar-refractivity contribution in [1.29, 1.82) is 0 Å². The first-order valence-corrected chi connectivity index (χ1v) is 9.68. The zero-order valence-electron chi connectivity index (χ0n) is 14.3. The van der Waals surface area contributed by atoms with Crippen LogP contribution >= 0.6 is 0 Å². The van der Waals surface area contributed by atoms with Crippen molar-refractivity contribution < 1.29 is 27.1 Å². The predicted octanol–water partition coefficient (Wildman–Crippen LogP) is 3.75. The molecule has 4 rings (SSSR count). The van der Waals surface area contributed by atoms with Gasteiger partial charge < -0.3 is 9.52 Å². The van der Waals surface area contributed by atoms with E-state index in [1.54, 1.807) is 24.3 Å². The van der Waals surface area contributed by atoms with Gasteiger partial charge in [-0.05, 0) is 48.9 Å². The number of aryl methyl sites for hydroxylation is 1. The van der Waals surface area contributed by atoms with Gasteiger partial charge in [0.15, 0.2) is 14.6 Å². The molecule has 0 saturated carbocycles. The first-order valence-electron chi connectivity index (χ1n) is 8.20. The molecule has 0 radical (unpaired) electrons. The van der Waals surface area contributed by atoms with E-state index in [-0.39, 0.29) is 16.9 Å². The number of carbonyl (C=O) groups is 1. The molecule has 5 nitrogen and oxygen atoms in total. The molecule has 0 fully saturated rings. The van der Waals surface area contributed by atoms with Crippen LogP contribution in [-0.4, -0.2) is 24.2 Å². The number of furan rings is 1. The summed E-state index contributed by atoms with van der Waals surface area (Å²) in [5, 5.41) is 10.6. The second kappa shape index (κ2) is 5.79. The quantitative estimate of drug-likeness (QED) is 0.693. The molecule has 27 heavy (non-hydrogen) atoms. The van der Waals surface area contributed by atoms with E-state index in [1.165, 1.54) is 13.0 Å². The molecule has 0 bridgehead atoms. The number of benzene rings is 2. The number of fused-ring (bicyclic) bond motifs is 3. The van der Waals surface area contributed by atoms with Crippen LogP contribution in [0.25, 0.3) is 17.0 Å². The maximum Gasteiger partial charge on any atom is 0.329 e. The van der Waals surface area contributed by atoms with Gasteiger partial charge in [-0.3, -0.25) is 4.79 Å². The van der Waals surface area contributed by atoms with E-state index < -0.39 is 26.4 Å². The zero-order valence-corrected chi connectivity index (χ0v) is 15.1. The zero-order chi connectivity index (χ0) is 19.4. The summed E-state index contributed by atoms with van der Waals surface area (Å²) in [5.41, 5.74) is 1.21. The van der Waals surface area contributed by atoms with Crippen LogP contribution in [0, 0.1) is 12.7 Å². The van der Waals surface area contributed by atoms with Crippen LogP contribution in [0.3, 0.4) is 0 Å². The highest BCUT2D eigenvalue weighted by Gasteiger charge is 2.52. The molecule has 1 unspecified atom stereocenters. The van der Waals surface area contributed by atoms with Gasteiger partial charge in [0, 0.05) is 17.4 Å². The molecule has 1 N–H and O–H groups in total. The number of carboxylic acids is 1. The molecule has 2 aromatic carbocycles. The maximum atomic E-state index is 13.6. The van der Waals surface area contributed by atoms with Crippen molar-refractivity contribution in [2.45, 2.75) is 23.0 Å². The topological polar surface area (TPSA) is 84.6 Å². The molecule has 1 atom stereocenters. The second-order valence-corrected chi connectivity index (χ2v) is 8.77. The lowest BCUT2D eigenvalue weighted by molar-refractivity contribution is -0.138. The maximum absolute atomic E-state index is 13.6. The summed E-state index contributed by atoms with van der Waals surface area (Å²) in [4.78, 5) is 11.9. The first-order chi connectivity index (χ1) is 12.8. The van der Waals surface area contributed by atoms with Crippen molar-refractivity contribution in [3.8, 4) is 0 Å². The minimum absolute atomic E-state index is 0.130. The van der Waals surface area contributed by atoms with Gasteiger partial charge in [0.05, 0.1) is 4.90 Å². The third-order valence-corrected chi connectivity index (χ3v) is 7.24. The summed E-state index contributed by atoms with van der Waals surface area (Å²) in [6, 6.07) is 10.3. The Morgan fingerprint density at radius 3 is 2.67 bits per heavy atom. The fourth-order valence-electron chi connectivity index (χ4n) is 3.41. The minimum Gasteiger partial charge on any atom is -0.480 e. The fourth-order valence-corrected chi connectivity index (χ4v) is 5.22. The number of para-hydroxylation sites is 1. The highest BCUT2D eigenvalue weighted by molar-refractivity contribution is 7.93. The number of hydrogen-bond acceptors (Lipinski definition) is 4. The molecule has 138 valence electrons. The lowest BCUT2D eigenvalue weighted by Crippen LogP contribution is -2.47. The van der Waals surface area contributed by atoms with E-state index in [4.69, 9.17) is 4.42 Å². The lowest BCUT2D eigenvalue weighted by Gasteiger charge is -2.28. The lowest BCUT2D eigenvalue weighted by atomic mass is 9.91. The molecule has 0 amide bonds. The van der Waals surface area contributed by atoms with E-state index >= 15 is 0 Å². The summed E-state index contributed by atoms with van der Waals surface area (Å²) < 4.78 is 43.7. The van der Waals surface area contributed by atoms with Crippen molar-refractivity contribution in [1.82, 2.24) is 0 Å². The van der Waals surface area contributed by atoms with Crippen LogP contribution in [-0.2, 0) is 21.1 Å². The molecule has 7 heteroatoms. The Morgan fingerprint density at radius 2 is 1.96 bits per heavy atom. The summed E-state index contributed by atoms with van der Waals surface area (Å²) in [7, 11) is -4.35. The van der Waals surface area contributed by atoms with Gasteiger partial charge in [-0.25, -0.2) is 12.8 Å². The van der Waals surface area contributed by atoms with Gasteiger partial charge in [0.25, 0.3) is 0 Å². The molecule has 0 aliphatic heterocycles. The van der Waals surface area contributed by atoms with Crippen molar-refractivity contribution in [2.24, 2.45) is 0 Å². The Bertz CT molecular complexity index is 1220. The van der Waals surface area contributed by atoms with Crippen molar-refractivity contribution in [3.63, 3.8) is 0 Å². The summed E-state index contributed by atoms with van der Waals surface area (Å²) >= 11 is 0. The standard InChI is InChI=1S/C20H15FO5S/c1-12-10-13(6-7-16(12)21)27(24,25)20(19(22)23)9-8-18-15(11-20)14-4-2-3-5-17(14)26-18/h2-10H,11H2,1H3,(H,22,23). The largest absolute Gasteiger partial charge is 0.480 e. The van der Waals surface area contributed by atoms with Gasteiger partial charge in [-0.2, -0.15) is 0 Å². The highest BCUT2D eigenvalue weighted by Crippen LogP contribution is 2.40. The van der Waals surface area contributed by atoms with E-state index in [2.05, 4.69) is 0 Å². The Morgan fingerprint density at radius 1 is 1.22 bits per heavy atom. The second-order valence-electron chi connectivity index (χ2n) is 6.56. The van der Waals surface area contributed by atoms with Crippen molar-refractivity contribution in [3.05, 3.63) is 71.2 Å². The molecule has 1 aliphatic rings. The van der Waals surface area contributed by atoms with Crippen LogP contribution < -0.4 is 0 Å². The van der Waals surface area contributed by atoms with Gasteiger partial charge in [0.1, 0.15) is 17.2 Å². The van der Waals surface area contributed by atoms with E-state index in [9.17, 15) is 22.7 Å². The van der Waals surface area contributed by atoms with E-state index in [1.807, 2.05) is 0 Å². The SMILES string of the molecule is Cc1cc(S(=O)(=O)C2(C(=O)O)C=Cc3oc4ccccc4c3C2)ccc1F. The van der Waals surface area contributed by atoms with Crippen molar-refractivity contribution in [2.75, 3.05) is 0 Å². The molecule has 3 aromatic rings. The Labute approximate surface area is 154 Å². The smallest absolute Gasteiger partial charge is 0.329 e. The van der Waals surface area contributed by atoms with Gasteiger partial charge in [-0.1, -0.05) is 18.2 Å². The molecule has 1 heterocycles. The van der Waals surface area contributed by atoms with Crippen molar-refractivity contribution >= 4 is 32.9 Å². The number of carboxylic acid groups (broad SMARTS) is 1. The molecule has 1 aromatic heterocycles. The number of rotatable bonds is 3. The molecular weight excluding hydrogens is 371 g/mol. The number of halogens is 1. The summed E-state index contributed by atoms with van der Waals surface area (Å²) in [6.45, 7) is 1.43. The third kappa shape index (κ3) is 2.42. The average Bonchev–Trinajstić information content (AvgIpc) is 3.01. The third-order valence-electron chi connectivity index (χ3n) is 4.95. The molecule has 0 saturated heterocycles. The number of aliphatic carboxylic acids is 1. The fraction of sp³-hybridized carbons (Fsp3) is 0.150. The normalized spacial score (nSPS) is 19.2. The Kier molecular flexibility index (Phi) is 3.75. The monoisotopic (exact) mass is 386 g/mol. The van der Waals surface area contributed by atoms with E-state index in [0.29, 0.717) is 22.3 Å². The van der Waals surface area contributed by atoms with Crippen LogP contribution in [0.4, 0.5) is 4.39 Å². The van der Waals surface area contributed by atoms with Crippen LogP contribution in [0.2, 0.25) is 0 Å². The first kappa shape index (κ1) is 17.5. The van der Waals surface area contributed by atoms with E-state index in [0.717, 1.165) is 24.3 Å². The van der Waals surface area contributed by atoms with Crippen LogP contribution in [0.5, 0.6) is 0 Å². The number of sulfone groups is 1. The van der Waals surface area contributed by atoms with Gasteiger partial charge in [0.2, 0.25) is 0 Å².